The molecule has 2 saturated heterocycles. The van der Waals surface area contributed by atoms with Crippen LogP contribution in [0.2, 0.25) is 0 Å². The third-order valence-corrected chi connectivity index (χ3v) is 3.70. The van der Waals surface area contributed by atoms with Gasteiger partial charge in [0.15, 0.2) is 0 Å². The summed E-state index contributed by atoms with van der Waals surface area (Å²) in [4.78, 5) is 25.4. The molecular weight excluding hydrogens is 254 g/mol. The predicted molar refractivity (Wildman–Crippen MR) is 71.4 cm³/mol. The van der Waals surface area contributed by atoms with E-state index in [0.717, 1.165) is 25.8 Å². The van der Waals surface area contributed by atoms with Crippen molar-refractivity contribution in [3.05, 3.63) is 0 Å². The highest BCUT2D eigenvalue weighted by atomic mass is 35.5. The lowest BCUT2D eigenvalue weighted by atomic mass is 9.98. The minimum Gasteiger partial charge on any atom is -0.344 e. The van der Waals surface area contributed by atoms with Crippen molar-refractivity contribution in [2.45, 2.75) is 50.6 Å². The predicted octanol–water partition coefficient (Wildman–Crippen LogP) is 0.417. The summed E-state index contributed by atoms with van der Waals surface area (Å²) in [6, 6.07) is -0.0142. The molecule has 0 aliphatic carbocycles. The van der Waals surface area contributed by atoms with Crippen LogP contribution in [0.1, 0.15) is 38.5 Å². The van der Waals surface area contributed by atoms with Gasteiger partial charge in [0.25, 0.3) is 0 Å². The average Bonchev–Trinajstić information content (AvgIpc) is 2.76. The lowest BCUT2D eigenvalue weighted by Crippen LogP contribution is -2.51. The molecule has 2 rings (SSSR count). The minimum absolute atomic E-state index is 0. The highest BCUT2D eigenvalue weighted by Gasteiger charge is 2.34. The third-order valence-electron chi connectivity index (χ3n) is 3.70. The van der Waals surface area contributed by atoms with Gasteiger partial charge in [0.2, 0.25) is 11.8 Å². The molecule has 2 amide bonds. The maximum absolute atomic E-state index is 12.3. The lowest BCUT2D eigenvalue weighted by Gasteiger charge is -2.37. The Hall–Kier alpha value is -0.810. The molecule has 3 N–H and O–H groups in total. The van der Waals surface area contributed by atoms with Crippen LogP contribution in [0.25, 0.3) is 0 Å². The zero-order chi connectivity index (χ0) is 12.3. The van der Waals surface area contributed by atoms with Crippen LogP contribution in [0.4, 0.5) is 0 Å². The summed E-state index contributed by atoms with van der Waals surface area (Å²) < 4.78 is 0. The molecule has 104 valence electrons. The summed E-state index contributed by atoms with van der Waals surface area (Å²) in [6.45, 7) is 1.43. The molecule has 0 bridgehead atoms. The smallest absolute Gasteiger partial charge is 0.245 e. The summed E-state index contributed by atoms with van der Waals surface area (Å²) >= 11 is 0. The first-order chi connectivity index (χ1) is 8.22. The molecule has 2 fully saturated rings. The fourth-order valence-electron chi connectivity index (χ4n) is 2.78. The number of nitrogens with zero attached hydrogens (tertiary/aromatic N) is 1. The molecule has 6 heteroatoms. The number of likely N-dealkylation sites (tertiary alicyclic amines) is 1. The number of carbonyl (C=O) groups excluding carboxylic acids is 2. The number of carbonyl (C=O) groups is 2. The van der Waals surface area contributed by atoms with Crippen LogP contribution < -0.4 is 11.1 Å². The van der Waals surface area contributed by atoms with Crippen molar-refractivity contribution in [1.29, 1.82) is 0 Å². The molecule has 2 heterocycles. The zero-order valence-corrected chi connectivity index (χ0v) is 11.4. The minimum atomic E-state index is -0.291. The van der Waals surface area contributed by atoms with E-state index in [9.17, 15) is 9.59 Å². The molecule has 0 saturated carbocycles. The van der Waals surface area contributed by atoms with Crippen LogP contribution >= 0.6 is 12.4 Å². The Morgan fingerprint density at radius 3 is 2.78 bits per heavy atom. The molecule has 0 aromatic heterocycles. The van der Waals surface area contributed by atoms with Crippen LogP contribution in [-0.2, 0) is 9.59 Å². The van der Waals surface area contributed by atoms with Crippen molar-refractivity contribution in [2.24, 2.45) is 5.73 Å². The normalized spacial score (nSPS) is 27.6. The van der Waals surface area contributed by atoms with Crippen LogP contribution in [0.5, 0.6) is 0 Å². The molecule has 18 heavy (non-hydrogen) atoms. The van der Waals surface area contributed by atoms with Crippen molar-refractivity contribution < 1.29 is 9.59 Å². The highest BCUT2D eigenvalue weighted by molar-refractivity contribution is 5.91. The standard InChI is InChI=1S/C12H21N3O2.ClH/c13-7-6-9-3-1-2-8-15(9)12(17)10-4-5-11(16)14-10;/h9-10H,1-8,13H2,(H,14,16);1H/t9?,10-;/m1./s1. The Balaban J connectivity index is 0.00000162. The van der Waals surface area contributed by atoms with E-state index in [0.29, 0.717) is 19.4 Å². The Bertz CT molecular complexity index is 310. The van der Waals surface area contributed by atoms with E-state index in [4.69, 9.17) is 5.73 Å². The van der Waals surface area contributed by atoms with Crippen molar-refractivity contribution in [3.8, 4) is 0 Å². The molecule has 5 nitrogen and oxygen atoms in total. The lowest BCUT2D eigenvalue weighted by molar-refractivity contribution is -0.137. The molecule has 0 radical (unpaired) electrons. The molecular formula is C12H22ClN3O2. The number of nitrogens with one attached hydrogen (secondary N) is 1. The van der Waals surface area contributed by atoms with Gasteiger partial charge in [-0.1, -0.05) is 0 Å². The average molecular weight is 276 g/mol. The van der Waals surface area contributed by atoms with Crippen LogP contribution in [-0.4, -0.2) is 41.9 Å². The highest BCUT2D eigenvalue weighted by Crippen LogP contribution is 2.22. The molecule has 2 aliphatic rings. The van der Waals surface area contributed by atoms with E-state index in [1.807, 2.05) is 4.90 Å². The monoisotopic (exact) mass is 275 g/mol. The Morgan fingerprint density at radius 2 is 2.17 bits per heavy atom. The summed E-state index contributed by atoms with van der Waals surface area (Å²) in [6.07, 6.45) is 5.27. The van der Waals surface area contributed by atoms with Crippen molar-refractivity contribution in [2.75, 3.05) is 13.1 Å². The molecule has 0 aromatic carbocycles. The second kappa shape index (κ2) is 6.95. The zero-order valence-electron chi connectivity index (χ0n) is 10.6. The van der Waals surface area contributed by atoms with Gasteiger partial charge in [-0.2, -0.15) is 0 Å². The van der Waals surface area contributed by atoms with Crippen LogP contribution in [0.3, 0.4) is 0 Å². The molecule has 0 spiro atoms. The van der Waals surface area contributed by atoms with E-state index in [2.05, 4.69) is 5.32 Å². The van der Waals surface area contributed by atoms with Gasteiger partial charge in [0.05, 0.1) is 0 Å². The largest absolute Gasteiger partial charge is 0.344 e. The molecule has 2 aliphatic heterocycles. The van der Waals surface area contributed by atoms with Crippen molar-refractivity contribution in [1.82, 2.24) is 10.2 Å². The van der Waals surface area contributed by atoms with Gasteiger partial charge in [-0.05, 0) is 38.6 Å². The fraction of sp³-hybridized carbons (Fsp3) is 0.833. The maximum Gasteiger partial charge on any atom is 0.245 e. The second-order valence-corrected chi connectivity index (χ2v) is 4.92. The van der Waals surface area contributed by atoms with E-state index < -0.39 is 0 Å². The van der Waals surface area contributed by atoms with Gasteiger partial charge in [-0.25, -0.2) is 0 Å². The number of piperidine rings is 1. The van der Waals surface area contributed by atoms with Gasteiger partial charge < -0.3 is 16.0 Å². The number of amides is 2. The fourth-order valence-corrected chi connectivity index (χ4v) is 2.78. The SMILES string of the molecule is Cl.NCCC1CCCCN1C(=O)[C@H]1CCC(=O)N1. The Kier molecular flexibility index (Phi) is 5.88. The van der Waals surface area contributed by atoms with E-state index in [-0.39, 0.29) is 36.3 Å². The summed E-state index contributed by atoms with van der Waals surface area (Å²) in [5.41, 5.74) is 5.59. The van der Waals surface area contributed by atoms with Gasteiger partial charge in [0.1, 0.15) is 6.04 Å². The number of hydrogen-bond donors (Lipinski definition) is 2. The van der Waals surface area contributed by atoms with Crippen molar-refractivity contribution in [3.63, 3.8) is 0 Å². The molecule has 0 aromatic rings. The number of hydrogen-bond acceptors (Lipinski definition) is 3. The van der Waals surface area contributed by atoms with Crippen LogP contribution in [0, 0.1) is 0 Å². The molecule has 2 atom stereocenters. The molecule has 1 unspecified atom stereocenters. The summed E-state index contributed by atoms with van der Waals surface area (Å²) in [5.74, 6) is 0.0877. The first-order valence-electron chi connectivity index (χ1n) is 6.52. The first kappa shape index (κ1) is 15.2. The van der Waals surface area contributed by atoms with Gasteiger partial charge >= 0.3 is 0 Å². The quantitative estimate of drug-likeness (QED) is 0.784. The topological polar surface area (TPSA) is 75.4 Å². The van der Waals surface area contributed by atoms with Gasteiger partial charge in [0, 0.05) is 19.0 Å². The number of rotatable bonds is 3. The Morgan fingerprint density at radius 1 is 1.39 bits per heavy atom. The van der Waals surface area contributed by atoms with E-state index >= 15 is 0 Å². The number of halogens is 1. The second-order valence-electron chi connectivity index (χ2n) is 4.92. The van der Waals surface area contributed by atoms with E-state index in [1.165, 1.54) is 6.42 Å². The van der Waals surface area contributed by atoms with Crippen LogP contribution in [0.15, 0.2) is 0 Å². The summed E-state index contributed by atoms with van der Waals surface area (Å²) in [5, 5.41) is 2.75. The summed E-state index contributed by atoms with van der Waals surface area (Å²) in [7, 11) is 0. The first-order valence-corrected chi connectivity index (χ1v) is 6.52. The van der Waals surface area contributed by atoms with Gasteiger partial charge in [-0.15, -0.1) is 12.4 Å². The maximum atomic E-state index is 12.3. The third kappa shape index (κ3) is 3.36. The Labute approximate surface area is 114 Å². The van der Waals surface area contributed by atoms with Gasteiger partial charge in [-0.3, -0.25) is 9.59 Å². The van der Waals surface area contributed by atoms with E-state index in [1.54, 1.807) is 0 Å². The van der Waals surface area contributed by atoms with Crippen molar-refractivity contribution >= 4 is 24.2 Å². The number of nitrogens with two attached hydrogens (primary N) is 1.